The van der Waals surface area contributed by atoms with Crippen LogP contribution in [-0.4, -0.2) is 41.0 Å². The molecule has 1 unspecified atom stereocenters. The Morgan fingerprint density at radius 1 is 1.03 bits per heavy atom. The van der Waals surface area contributed by atoms with Crippen molar-refractivity contribution in [1.82, 2.24) is 10.4 Å². The van der Waals surface area contributed by atoms with E-state index in [0.717, 1.165) is 0 Å². The Balaban J connectivity index is 1.60. The van der Waals surface area contributed by atoms with E-state index in [1.807, 2.05) is 0 Å². The molecule has 3 amide bonds. The van der Waals surface area contributed by atoms with Crippen molar-refractivity contribution in [2.24, 2.45) is 0 Å². The van der Waals surface area contributed by atoms with Crippen molar-refractivity contribution in [2.75, 3.05) is 17.3 Å². The number of hydrogen-bond acceptors (Lipinski definition) is 5. The molecule has 1 fully saturated rings. The van der Waals surface area contributed by atoms with Crippen molar-refractivity contribution in [3.05, 3.63) is 89.4 Å². The number of hydrogen-bond donors (Lipinski definition) is 2. The van der Waals surface area contributed by atoms with Crippen molar-refractivity contribution in [3.8, 4) is 5.75 Å². The number of ether oxygens (including phenoxy) is 1. The van der Waals surface area contributed by atoms with Crippen LogP contribution in [0.3, 0.4) is 0 Å². The second-order valence-corrected chi connectivity index (χ2v) is 8.41. The number of carbonyl (C=O) groups excluding carboxylic acids is 3. The molecular formula is C25H21ClN4O4S. The first-order chi connectivity index (χ1) is 16.9. The van der Waals surface area contributed by atoms with E-state index in [1.54, 1.807) is 78.9 Å². The van der Waals surface area contributed by atoms with E-state index in [-0.39, 0.29) is 11.5 Å². The van der Waals surface area contributed by atoms with Crippen LogP contribution < -0.4 is 20.4 Å². The lowest BCUT2D eigenvalue weighted by Gasteiger charge is -2.24. The lowest BCUT2D eigenvalue weighted by molar-refractivity contribution is -0.124. The van der Waals surface area contributed by atoms with Gasteiger partial charge in [0.15, 0.2) is 0 Å². The molecular weight excluding hydrogens is 488 g/mol. The molecule has 0 radical (unpaired) electrons. The fourth-order valence-corrected chi connectivity index (χ4v) is 4.14. The first kappa shape index (κ1) is 24.2. The Morgan fingerprint density at radius 2 is 1.74 bits per heavy atom. The summed E-state index contributed by atoms with van der Waals surface area (Å²) in [5.74, 6) is -0.741. The highest BCUT2D eigenvalue weighted by atomic mass is 35.5. The molecule has 4 rings (SSSR count). The van der Waals surface area contributed by atoms with Gasteiger partial charge in [0.2, 0.25) is 11.0 Å². The molecule has 3 aromatic rings. The number of rotatable bonds is 7. The van der Waals surface area contributed by atoms with Gasteiger partial charge in [0, 0.05) is 16.3 Å². The number of hydrazine groups is 1. The van der Waals surface area contributed by atoms with Crippen LogP contribution in [0.1, 0.15) is 16.8 Å². The van der Waals surface area contributed by atoms with Gasteiger partial charge in [-0.2, -0.15) is 0 Å². The van der Waals surface area contributed by atoms with Crippen LogP contribution in [0.4, 0.5) is 11.4 Å². The van der Waals surface area contributed by atoms with E-state index < -0.39 is 23.8 Å². The third kappa shape index (κ3) is 5.42. The quantitative estimate of drug-likeness (QED) is 0.468. The van der Waals surface area contributed by atoms with Gasteiger partial charge in [-0.25, -0.2) is 5.01 Å². The van der Waals surface area contributed by atoms with Crippen molar-refractivity contribution in [1.29, 1.82) is 0 Å². The van der Waals surface area contributed by atoms with E-state index in [1.165, 1.54) is 17.0 Å². The molecule has 1 atom stereocenters. The number of thiocarbonyl (C=S) groups is 1. The molecule has 1 aliphatic heterocycles. The largest absolute Gasteiger partial charge is 0.497 e. The Kier molecular flexibility index (Phi) is 7.28. The number of halogens is 1. The zero-order valence-corrected chi connectivity index (χ0v) is 20.2. The smallest absolute Gasteiger partial charge is 0.269 e. The van der Waals surface area contributed by atoms with Gasteiger partial charge in [-0.1, -0.05) is 35.9 Å². The van der Waals surface area contributed by atoms with E-state index in [9.17, 15) is 14.4 Å². The molecule has 178 valence electrons. The maximum absolute atomic E-state index is 13.5. The van der Waals surface area contributed by atoms with Crippen molar-refractivity contribution in [3.63, 3.8) is 0 Å². The van der Waals surface area contributed by atoms with Crippen LogP contribution >= 0.6 is 23.8 Å². The molecule has 1 saturated heterocycles. The lowest BCUT2D eigenvalue weighted by Crippen LogP contribution is -2.49. The maximum Gasteiger partial charge on any atom is 0.269 e. The molecule has 3 aromatic carbocycles. The minimum absolute atomic E-state index is 0.0463. The normalized spacial score (nSPS) is 15.2. The monoisotopic (exact) mass is 508 g/mol. The molecule has 10 heteroatoms. The standard InChI is InChI=1S/C25H21ClN4O4S/c1-34-20-12-10-19(11-13-20)29-24(33)21(15-22(31)27-18-9-5-8-17(26)14-18)30(25(29)35)28-23(32)16-6-3-2-4-7-16/h2-14,21H,15H2,1H3,(H,27,31)(H,28,32). The molecule has 0 bridgehead atoms. The summed E-state index contributed by atoms with van der Waals surface area (Å²) in [4.78, 5) is 40.4. The summed E-state index contributed by atoms with van der Waals surface area (Å²) in [5.41, 5.74) is 4.05. The summed E-state index contributed by atoms with van der Waals surface area (Å²) in [6, 6.07) is 20.8. The SMILES string of the molecule is COc1ccc(N2C(=O)C(CC(=O)Nc3cccc(Cl)c3)N(NC(=O)c3ccccc3)C2=S)cc1. The molecule has 0 spiro atoms. The lowest BCUT2D eigenvalue weighted by atomic mass is 10.1. The van der Waals surface area contributed by atoms with Crippen LogP contribution in [0.2, 0.25) is 5.02 Å². The number of anilines is 2. The summed E-state index contributed by atoms with van der Waals surface area (Å²) in [6.45, 7) is 0. The minimum atomic E-state index is -1.06. The number of methoxy groups -OCH3 is 1. The number of nitrogens with one attached hydrogen (secondary N) is 2. The van der Waals surface area contributed by atoms with Gasteiger partial charge in [-0.3, -0.25) is 24.7 Å². The van der Waals surface area contributed by atoms with Gasteiger partial charge in [-0.05, 0) is 66.8 Å². The van der Waals surface area contributed by atoms with E-state index in [0.29, 0.717) is 27.7 Å². The Morgan fingerprint density at radius 3 is 2.40 bits per heavy atom. The Labute approximate surface area is 212 Å². The van der Waals surface area contributed by atoms with Gasteiger partial charge in [-0.15, -0.1) is 0 Å². The van der Waals surface area contributed by atoms with Crippen molar-refractivity contribution < 1.29 is 19.1 Å². The summed E-state index contributed by atoms with van der Waals surface area (Å²) >= 11 is 11.6. The zero-order valence-electron chi connectivity index (χ0n) is 18.6. The fraction of sp³-hybridized carbons (Fsp3) is 0.120. The molecule has 0 saturated carbocycles. The van der Waals surface area contributed by atoms with Crippen LogP contribution in [0.25, 0.3) is 0 Å². The topological polar surface area (TPSA) is 91.0 Å². The van der Waals surface area contributed by atoms with Crippen LogP contribution in [0.5, 0.6) is 5.75 Å². The average Bonchev–Trinajstić information content (AvgIpc) is 3.08. The van der Waals surface area contributed by atoms with E-state index in [2.05, 4.69) is 10.7 Å². The predicted octanol–water partition coefficient (Wildman–Crippen LogP) is 4.02. The third-order valence-corrected chi connectivity index (χ3v) is 5.90. The number of carbonyl (C=O) groups is 3. The Hall–Kier alpha value is -3.95. The van der Waals surface area contributed by atoms with Crippen LogP contribution in [0.15, 0.2) is 78.9 Å². The first-order valence-electron chi connectivity index (χ1n) is 10.6. The van der Waals surface area contributed by atoms with Crippen molar-refractivity contribution >= 4 is 58.0 Å². The molecule has 35 heavy (non-hydrogen) atoms. The van der Waals surface area contributed by atoms with Crippen LogP contribution in [0, 0.1) is 0 Å². The van der Waals surface area contributed by atoms with E-state index in [4.69, 9.17) is 28.6 Å². The summed E-state index contributed by atoms with van der Waals surface area (Å²) in [5, 5.41) is 4.49. The van der Waals surface area contributed by atoms with E-state index >= 15 is 0 Å². The predicted molar refractivity (Wildman–Crippen MR) is 137 cm³/mol. The number of amides is 3. The second-order valence-electron chi connectivity index (χ2n) is 7.61. The average molecular weight is 509 g/mol. The molecule has 0 aromatic heterocycles. The van der Waals surface area contributed by atoms with Gasteiger partial charge in [0.05, 0.1) is 19.2 Å². The summed E-state index contributed by atoms with van der Waals surface area (Å²) in [6.07, 6.45) is -0.257. The highest BCUT2D eigenvalue weighted by Gasteiger charge is 2.45. The third-order valence-electron chi connectivity index (χ3n) is 5.29. The van der Waals surface area contributed by atoms with Gasteiger partial charge >= 0.3 is 0 Å². The Bertz CT molecular complexity index is 1270. The number of nitrogens with zero attached hydrogens (tertiary/aromatic N) is 2. The second kappa shape index (κ2) is 10.5. The van der Waals surface area contributed by atoms with Crippen molar-refractivity contribution in [2.45, 2.75) is 12.5 Å². The minimum Gasteiger partial charge on any atom is -0.497 e. The molecule has 0 aliphatic carbocycles. The van der Waals surface area contributed by atoms with Gasteiger partial charge in [0.1, 0.15) is 11.8 Å². The molecule has 1 aliphatic rings. The summed E-state index contributed by atoms with van der Waals surface area (Å²) < 4.78 is 5.18. The highest BCUT2D eigenvalue weighted by molar-refractivity contribution is 7.80. The van der Waals surface area contributed by atoms with Crippen LogP contribution in [-0.2, 0) is 9.59 Å². The first-order valence-corrected chi connectivity index (χ1v) is 11.4. The summed E-state index contributed by atoms with van der Waals surface area (Å²) in [7, 11) is 1.54. The van der Waals surface area contributed by atoms with Gasteiger partial charge in [0.25, 0.3) is 11.8 Å². The molecule has 2 N–H and O–H groups in total. The van der Waals surface area contributed by atoms with Gasteiger partial charge < -0.3 is 10.1 Å². The number of benzene rings is 3. The maximum atomic E-state index is 13.5. The molecule has 8 nitrogen and oxygen atoms in total. The highest BCUT2D eigenvalue weighted by Crippen LogP contribution is 2.28. The zero-order chi connectivity index (χ0) is 24.9. The molecule has 1 heterocycles. The fourth-order valence-electron chi connectivity index (χ4n) is 3.59.